The van der Waals surface area contributed by atoms with Crippen molar-refractivity contribution in [2.75, 3.05) is 33.2 Å². The van der Waals surface area contributed by atoms with E-state index in [1.807, 2.05) is 35.2 Å². The van der Waals surface area contributed by atoms with E-state index in [1.165, 1.54) is 0 Å². The number of likely N-dealkylation sites (N-methyl/N-ethyl adjacent to an activating group) is 1. The van der Waals surface area contributed by atoms with Crippen LogP contribution in [0.3, 0.4) is 0 Å². The minimum atomic E-state index is -0.371. The van der Waals surface area contributed by atoms with Gasteiger partial charge in [-0.15, -0.1) is 0 Å². The Bertz CT molecular complexity index is 742. The van der Waals surface area contributed by atoms with E-state index in [-0.39, 0.29) is 24.0 Å². The minimum Gasteiger partial charge on any atom is -0.335 e. The number of nitrogens with one attached hydrogen (secondary N) is 2. The van der Waals surface area contributed by atoms with Crippen LogP contribution in [0.5, 0.6) is 0 Å². The van der Waals surface area contributed by atoms with Crippen LogP contribution in [0.1, 0.15) is 45.2 Å². The van der Waals surface area contributed by atoms with Gasteiger partial charge in [0.2, 0.25) is 0 Å². The van der Waals surface area contributed by atoms with Gasteiger partial charge in [-0.1, -0.05) is 30.3 Å². The number of carbonyl (C=O) groups excluding carboxylic acids is 2. The Labute approximate surface area is 168 Å². The van der Waals surface area contributed by atoms with E-state index < -0.39 is 0 Å². The summed E-state index contributed by atoms with van der Waals surface area (Å²) in [6.07, 6.45) is 2.08. The second kappa shape index (κ2) is 8.78. The second-order valence-electron chi connectivity index (χ2n) is 7.84. The predicted molar refractivity (Wildman–Crippen MR) is 110 cm³/mol. The van der Waals surface area contributed by atoms with Crippen LogP contribution in [0.25, 0.3) is 0 Å². The highest BCUT2D eigenvalue weighted by molar-refractivity contribution is 6.01. The van der Waals surface area contributed by atoms with Crippen molar-refractivity contribution in [1.29, 1.82) is 0 Å². The van der Waals surface area contributed by atoms with Gasteiger partial charge in [0.05, 0.1) is 43.5 Å². The minimum absolute atomic E-state index is 0.0541. The maximum atomic E-state index is 13.3. The molecule has 3 amide bonds. The van der Waals surface area contributed by atoms with E-state index in [2.05, 4.69) is 26.1 Å². The standard InChI is InChI=1S/C22H32N4O2/c1-5-25(6-2)14-10-11-16(3)26-15-18-19(21(26)27)20(23-22(28)24(18)4)17-12-8-7-9-13-17/h7-9,12-13,16,20H,5-6,10-11,14-15H2,1-4H3,(H,23,28)/p+1/t16-,20-/m0/s1. The first-order chi connectivity index (χ1) is 13.5. The summed E-state index contributed by atoms with van der Waals surface area (Å²) in [5.74, 6) is 0.0541. The fourth-order valence-corrected chi connectivity index (χ4v) is 4.25. The molecular weight excluding hydrogens is 352 g/mol. The number of rotatable bonds is 8. The molecule has 0 saturated heterocycles. The zero-order valence-corrected chi connectivity index (χ0v) is 17.5. The van der Waals surface area contributed by atoms with E-state index in [0.717, 1.165) is 49.3 Å². The molecule has 0 aromatic heterocycles. The number of hydrogen-bond acceptors (Lipinski definition) is 2. The number of carbonyl (C=O) groups is 2. The summed E-state index contributed by atoms with van der Waals surface area (Å²) in [4.78, 5) is 30.9. The van der Waals surface area contributed by atoms with Crippen molar-refractivity contribution in [2.45, 2.75) is 45.7 Å². The van der Waals surface area contributed by atoms with Crippen molar-refractivity contribution in [3.63, 3.8) is 0 Å². The lowest BCUT2D eigenvalue weighted by Gasteiger charge is -2.31. The summed E-state index contributed by atoms with van der Waals surface area (Å²) >= 11 is 0. The average molecular weight is 386 g/mol. The van der Waals surface area contributed by atoms with Gasteiger partial charge in [-0.05, 0) is 39.2 Å². The lowest BCUT2D eigenvalue weighted by Crippen LogP contribution is -3.11. The Morgan fingerprint density at radius 3 is 2.50 bits per heavy atom. The van der Waals surface area contributed by atoms with Crippen LogP contribution in [0.4, 0.5) is 4.79 Å². The zero-order valence-electron chi connectivity index (χ0n) is 17.5. The Morgan fingerprint density at radius 1 is 1.18 bits per heavy atom. The number of benzene rings is 1. The number of nitrogens with zero attached hydrogens (tertiary/aromatic N) is 2. The molecule has 0 spiro atoms. The number of urea groups is 1. The summed E-state index contributed by atoms with van der Waals surface area (Å²) in [7, 11) is 1.75. The van der Waals surface area contributed by atoms with Crippen molar-refractivity contribution in [3.8, 4) is 0 Å². The van der Waals surface area contributed by atoms with Crippen molar-refractivity contribution < 1.29 is 14.5 Å². The van der Waals surface area contributed by atoms with Crippen molar-refractivity contribution in [3.05, 3.63) is 47.2 Å². The summed E-state index contributed by atoms with van der Waals surface area (Å²) < 4.78 is 0. The summed E-state index contributed by atoms with van der Waals surface area (Å²) in [5.41, 5.74) is 2.50. The molecule has 0 bridgehead atoms. The molecule has 0 unspecified atom stereocenters. The van der Waals surface area contributed by atoms with E-state index in [0.29, 0.717) is 6.54 Å². The van der Waals surface area contributed by atoms with E-state index in [4.69, 9.17) is 0 Å². The first-order valence-corrected chi connectivity index (χ1v) is 10.4. The number of amides is 3. The molecular formula is C22H33N4O2+. The normalized spacial score (nSPS) is 20.7. The number of quaternary nitrogens is 1. The molecule has 2 heterocycles. The average Bonchev–Trinajstić information content (AvgIpc) is 3.06. The molecule has 1 aromatic rings. The van der Waals surface area contributed by atoms with Crippen molar-refractivity contribution in [2.24, 2.45) is 0 Å². The third kappa shape index (κ3) is 3.92. The van der Waals surface area contributed by atoms with Crippen molar-refractivity contribution in [1.82, 2.24) is 15.1 Å². The first-order valence-electron chi connectivity index (χ1n) is 10.4. The molecule has 6 heteroatoms. The molecule has 2 atom stereocenters. The topological polar surface area (TPSA) is 57.1 Å². The van der Waals surface area contributed by atoms with Crippen LogP contribution in [-0.4, -0.2) is 61.0 Å². The predicted octanol–water partition coefficient (Wildman–Crippen LogP) is 1.57. The highest BCUT2D eigenvalue weighted by Gasteiger charge is 2.43. The van der Waals surface area contributed by atoms with Crippen LogP contribution in [0.2, 0.25) is 0 Å². The fourth-order valence-electron chi connectivity index (χ4n) is 4.25. The molecule has 0 fully saturated rings. The summed E-state index contributed by atoms with van der Waals surface area (Å²) in [5, 5.41) is 3.00. The van der Waals surface area contributed by atoms with Gasteiger partial charge >= 0.3 is 6.03 Å². The number of hydrogen-bond donors (Lipinski definition) is 2. The molecule has 0 radical (unpaired) electrons. The van der Waals surface area contributed by atoms with Crippen molar-refractivity contribution >= 4 is 11.9 Å². The SMILES string of the molecule is CC[NH+](CC)CCC[C@H](C)N1CC2=C(C1=O)[C@H](c1ccccc1)NC(=O)N2C. The van der Waals surface area contributed by atoms with Crippen LogP contribution >= 0.6 is 0 Å². The second-order valence-corrected chi connectivity index (χ2v) is 7.84. The van der Waals surface area contributed by atoms with Gasteiger partial charge in [-0.3, -0.25) is 9.69 Å². The molecule has 3 rings (SSSR count). The quantitative estimate of drug-likeness (QED) is 0.714. The highest BCUT2D eigenvalue weighted by Crippen LogP contribution is 2.36. The Hall–Kier alpha value is -2.34. The smallest absolute Gasteiger partial charge is 0.322 e. The third-order valence-corrected chi connectivity index (χ3v) is 6.21. The van der Waals surface area contributed by atoms with E-state index >= 15 is 0 Å². The summed E-state index contributed by atoms with van der Waals surface area (Å²) in [6, 6.07) is 9.39. The molecule has 1 aromatic carbocycles. The van der Waals surface area contributed by atoms with Crippen LogP contribution in [0, 0.1) is 0 Å². The highest BCUT2D eigenvalue weighted by atomic mass is 16.2. The molecule has 2 aliphatic rings. The Morgan fingerprint density at radius 2 is 1.86 bits per heavy atom. The maximum Gasteiger partial charge on any atom is 0.322 e. The van der Waals surface area contributed by atoms with E-state index in [9.17, 15) is 9.59 Å². The van der Waals surface area contributed by atoms with Gasteiger partial charge < -0.3 is 15.1 Å². The van der Waals surface area contributed by atoms with Gasteiger partial charge in [-0.25, -0.2) is 4.79 Å². The third-order valence-electron chi connectivity index (χ3n) is 6.21. The largest absolute Gasteiger partial charge is 0.335 e. The molecule has 2 N–H and O–H groups in total. The Balaban J connectivity index is 1.74. The van der Waals surface area contributed by atoms with Gasteiger partial charge in [0.25, 0.3) is 5.91 Å². The first kappa shape index (κ1) is 20.4. The molecule has 0 saturated carbocycles. The maximum absolute atomic E-state index is 13.3. The van der Waals surface area contributed by atoms with Crippen LogP contribution in [-0.2, 0) is 4.79 Å². The lowest BCUT2D eigenvalue weighted by molar-refractivity contribution is -0.896. The molecule has 152 valence electrons. The van der Waals surface area contributed by atoms with Gasteiger partial charge in [0, 0.05) is 13.1 Å². The fraction of sp³-hybridized carbons (Fsp3) is 0.545. The van der Waals surface area contributed by atoms with Crippen LogP contribution < -0.4 is 10.2 Å². The Kier molecular flexibility index (Phi) is 6.39. The lowest BCUT2D eigenvalue weighted by atomic mass is 9.96. The zero-order chi connectivity index (χ0) is 20.3. The summed E-state index contributed by atoms with van der Waals surface area (Å²) in [6.45, 7) is 10.5. The van der Waals surface area contributed by atoms with Crippen LogP contribution in [0.15, 0.2) is 41.6 Å². The molecule has 0 aliphatic carbocycles. The van der Waals surface area contributed by atoms with Gasteiger partial charge in [0.1, 0.15) is 0 Å². The van der Waals surface area contributed by atoms with Gasteiger partial charge in [-0.2, -0.15) is 0 Å². The molecule has 2 aliphatic heterocycles. The molecule has 6 nitrogen and oxygen atoms in total. The monoisotopic (exact) mass is 385 g/mol. The van der Waals surface area contributed by atoms with E-state index in [1.54, 1.807) is 16.8 Å². The van der Waals surface area contributed by atoms with Gasteiger partial charge in [0.15, 0.2) is 0 Å². The molecule has 28 heavy (non-hydrogen) atoms.